The van der Waals surface area contributed by atoms with Gasteiger partial charge < -0.3 is 20.7 Å². The Morgan fingerprint density at radius 1 is 1.03 bits per heavy atom. The van der Waals surface area contributed by atoms with Crippen molar-refractivity contribution in [2.24, 2.45) is 15.7 Å². The van der Waals surface area contributed by atoms with Gasteiger partial charge in [-0.2, -0.15) is 4.99 Å². The van der Waals surface area contributed by atoms with Crippen molar-refractivity contribution in [3.63, 3.8) is 0 Å². The zero-order valence-corrected chi connectivity index (χ0v) is 18.4. The third-order valence-electron chi connectivity index (χ3n) is 4.92. The number of guanidine groups is 2. The van der Waals surface area contributed by atoms with E-state index in [-0.39, 0.29) is 5.96 Å². The number of aliphatic imine (C=N–C) groups is 2. The van der Waals surface area contributed by atoms with Crippen molar-refractivity contribution in [1.82, 2.24) is 4.90 Å². The highest BCUT2D eigenvalue weighted by atomic mass is 35.5. The zero-order valence-electron chi connectivity index (χ0n) is 16.9. The van der Waals surface area contributed by atoms with Gasteiger partial charge in [-0.1, -0.05) is 29.3 Å². The second-order valence-corrected chi connectivity index (χ2v) is 8.18. The molecule has 0 spiro atoms. The van der Waals surface area contributed by atoms with Gasteiger partial charge in [0, 0.05) is 24.5 Å². The molecule has 2 aromatic rings. The fourth-order valence-corrected chi connectivity index (χ4v) is 3.94. The number of hydrogen-bond donors (Lipinski definition) is 2. The third kappa shape index (κ3) is 4.48. The first-order valence-corrected chi connectivity index (χ1v) is 10.5. The van der Waals surface area contributed by atoms with E-state index in [0.29, 0.717) is 23.3 Å². The molecule has 0 bridgehead atoms. The summed E-state index contributed by atoms with van der Waals surface area (Å²) in [5, 5.41) is 4.38. The van der Waals surface area contributed by atoms with Crippen LogP contribution in [0.4, 0.5) is 11.4 Å². The average molecular weight is 447 g/mol. The zero-order chi connectivity index (χ0) is 21.3. The maximum Gasteiger partial charge on any atom is 0.222 e. The Balaban J connectivity index is 1.75. The highest BCUT2D eigenvalue weighted by molar-refractivity contribution is 6.42. The number of anilines is 2. The van der Waals surface area contributed by atoms with Crippen molar-refractivity contribution in [3.05, 3.63) is 57.6 Å². The van der Waals surface area contributed by atoms with E-state index in [1.807, 2.05) is 6.07 Å². The lowest BCUT2D eigenvalue weighted by molar-refractivity contribution is 0.0671. The molecular formula is C21H24Cl2N6O. The van der Waals surface area contributed by atoms with Gasteiger partial charge >= 0.3 is 0 Å². The molecule has 158 valence electrons. The Morgan fingerprint density at radius 2 is 1.73 bits per heavy atom. The Labute approximate surface area is 186 Å². The van der Waals surface area contributed by atoms with Crippen LogP contribution in [0.15, 0.2) is 46.4 Å². The summed E-state index contributed by atoms with van der Waals surface area (Å²) in [5.41, 5.74) is 10.2. The molecule has 1 unspecified atom stereocenters. The summed E-state index contributed by atoms with van der Waals surface area (Å²) >= 11 is 12.3. The minimum absolute atomic E-state index is 0.217. The maximum absolute atomic E-state index is 6.21. The van der Waals surface area contributed by atoms with Crippen LogP contribution in [0.25, 0.3) is 0 Å². The maximum atomic E-state index is 6.21. The van der Waals surface area contributed by atoms with E-state index in [9.17, 15) is 0 Å². The predicted molar refractivity (Wildman–Crippen MR) is 124 cm³/mol. The smallest absolute Gasteiger partial charge is 0.222 e. The first kappa shape index (κ1) is 20.8. The molecule has 7 nitrogen and oxygen atoms in total. The fraction of sp³-hybridized carbons (Fsp3) is 0.333. The van der Waals surface area contributed by atoms with Gasteiger partial charge in [-0.15, -0.1) is 0 Å². The highest BCUT2D eigenvalue weighted by Crippen LogP contribution is 2.29. The predicted octanol–water partition coefficient (Wildman–Crippen LogP) is 3.83. The third-order valence-corrected chi connectivity index (χ3v) is 5.66. The normalized spacial score (nSPS) is 19.4. The first-order chi connectivity index (χ1) is 14.4. The molecule has 0 aromatic heterocycles. The minimum Gasteiger partial charge on any atom is -0.378 e. The molecule has 4 rings (SSSR count). The van der Waals surface area contributed by atoms with Gasteiger partial charge in [0.05, 0.1) is 23.3 Å². The van der Waals surface area contributed by atoms with Crippen LogP contribution >= 0.6 is 23.2 Å². The molecule has 0 aliphatic carbocycles. The number of ether oxygens (including phenoxy) is 1. The van der Waals surface area contributed by atoms with Gasteiger partial charge in [0.2, 0.25) is 18.2 Å². The molecule has 30 heavy (non-hydrogen) atoms. The second kappa shape index (κ2) is 8.71. The highest BCUT2D eigenvalue weighted by Gasteiger charge is 2.32. The van der Waals surface area contributed by atoms with E-state index in [0.717, 1.165) is 41.6 Å². The minimum atomic E-state index is -0.501. The van der Waals surface area contributed by atoms with Gasteiger partial charge in [-0.05, 0) is 55.3 Å². The van der Waals surface area contributed by atoms with Gasteiger partial charge in [0.1, 0.15) is 0 Å². The van der Waals surface area contributed by atoms with Crippen LogP contribution in [-0.2, 0) is 4.74 Å². The largest absolute Gasteiger partial charge is 0.378 e. The molecule has 3 N–H and O–H groups in total. The lowest BCUT2D eigenvalue weighted by atomic mass is 10.1. The van der Waals surface area contributed by atoms with Crippen molar-refractivity contribution in [1.29, 1.82) is 0 Å². The molecule has 0 saturated carbocycles. The number of nitrogens with one attached hydrogen (secondary N) is 1. The summed E-state index contributed by atoms with van der Waals surface area (Å²) < 4.78 is 5.52. The number of aryl methyl sites for hydroxylation is 2. The van der Waals surface area contributed by atoms with Crippen LogP contribution in [0.5, 0.6) is 0 Å². The molecule has 0 amide bonds. The van der Waals surface area contributed by atoms with Crippen LogP contribution in [0.2, 0.25) is 10.0 Å². The second-order valence-electron chi connectivity index (χ2n) is 7.36. The fourth-order valence-electron chi connectivity index (χ4n) is 3.64. The van der Waals surface area contributed by atoms with E-state index < -0.39 is 6.29 Å². The molecule has 0 radical (unpaired) electrons. The van der Waals surface area contributed by atoms with E-state index in [2.05, 4.69) is 57.1 Å². The number of halogens is 2. The topological polar surface area (TPSA) is 78.5 Å². The number of nitrogens with two attached hydrogens (primary N) is 1. The van der Waals surface area contributed by atoms with Gasteiger partial charge in [0.25, 0.3) is 0 Å². The van der Waals surface area contributed by atoms with Crippen molar-refractivity contribution in [2.45, 2.75) is 20.1 Å². The van der Waals surface area contributed by atoms with Crippen molar-refractivity contribution in [2.75, 3.05) is 36.5 Å². The van der Waals surface area contributed by atoms with Gasteiger partial charge in [-0.25, -0.2) is 4.99 Å². The summed E-state index contributed by atoms with van der Waals surface area (Å²) in [6.45, 7) is 6.89. The van der Waals surface area contributed by atoms with Crippen LogP contribution in [-0.4, -0.2) is 49.4 Å². The first-order valence-electron chi connectivity index (χ1n) is 9.74. The van der Waals surface area contributed by atoms with Crippen molar-refractivity contribution in [3.8, 4) is 0 Å². The lowest BCUT2D eigenvalue weighted by Crippen LogP contribution is -2.57. The standard InChI is InChI=1S/C21H24Cl2N6O/c1-13-9-14(2)11-16(10-13)29-20(25-15-3-4-17(22)18(23)12-15)26-19(24)27-21(29)28-5-7-30-8-6-28/h3-4,9-12,20,25H,5-8H2,1-2H3,(H2,24,26). The van der Waals surface area contributed by atoms with E-state index in [4.69, 9.17) is 33.7 Å². The summed E-state index contributed by atoms with van der Waals surface area (Å²) in [7, 11) is 0. The number of rotatable bonds is 3. The Hall–Kier alpha value is -2.48. The van der Waals surface area contributed by atoms with Crippen LogP contribution < -0.4 is 16.0 Å². The summed E-state index contributed by atoms with van der Waals surface area (Å²) in [5.74, 6) is 0.961. The van der Waals surface area contributed by atoms with Gasteiger partial charge in [-0.3, -0.25) is 4.90 Å². The lowest BCUT2D eigenvalue weighted by Gasteiger charge is -2.41. The van der Waals surface area contributed by atoms with Crippen molar-refractivity contribution < 1.29 is 4.74 Å². The Bertz CT molecular complexity index is 983. The molecule has 9 heteroatoms. The number of benzene rings is 2. The molecule has 1 atom stereocenters. The van der Waals surface area contributed by atoms with Crippen molar-refractivity contribution >= 4 is 46.5 Å². The van der Waals surface area contributed by atoms with Gasteiger partial charge in [0.15, 0.2) is 0 Å². The van der Waals surface area contributed by atoms with E-state index in [1.54, 1.807) is 12.1 Å². The van der Waals surface area contributed by atoms with Crippen LogP contribution in [0, 0.1) is 13.8 Å². The molecule has 1 fully saturated rings. The molecule has 2 aliphatic heterocycles. The Kier molecular flexibility index (Phi) is 6.04. The van der Waals surface area contributed by atoms with E-state index >= 15 is 0 Å². The van der Waals surface area contributed by atoms with Crippen LogP contribution in [0.3, 0.4) is 0 Å². The average Bonchev–Trinajstić information content (AvgIpc) is 2.70. The number of hydrogen-bond acceptors (Lipinski definition) is 7. The quantitative estimate of drug-likeness (QED) is 0.748. The molecule has 2 aliphatic rings. The van der Waals surface area contributed by atoms with E-state index in [1.165, 1.54) is 0 Å². The molecule has 2 heterocycles. The van der Waals surface area contributed by atoms with Crippen LogP contribution in [0.1, 0.15) is 11.1 Å². The molecular weight excluding hydrogens is 423 g/mol. The number of morpholine rings is 1. The summed E-state index contributed by atoms with van der Waals surface area (Å²) in [4.78, 5) is 13.4. The Morgan fingerprint density at radius 3 is 2.40 bits per heavy atom. The monoisotopic (exact) mass is 446 g/mol. The SMILES string of the molecule is Cc1cc(C)cc(N2C(N3CCOCC3)=NC(N)=NC2Nc2ccc(Cl)c(Cl)c2)c1. The molecule has 2 aromatic carbocycles. The number of nitrogens with zero attached hydrogens (tertiary/aromatic N) is 4. The summed E-state index contributed by atoms with van der Waals surface area (Å²) in [6, 6.07) is 11.8. The summed E-state index contributed by atoms with van der Waals surface area (Å²) in [6.07, 6.45) is -0.501. The molecule has 1 saturated heterocycles.